The van der Waals surface area contributed by atoms with Crippen LogP contribution in [-0.4, -0.2) is 36.2 Å². The summed E-state index contributed by atoms with van der Waals surface area (Å²) in [6.07, 6.45) is 1.26. The van der Waals surface area contributed by atoms with E-state index in [4.69, 9.17) is 10.8 Å². The highest BCUT2D eigenvalue weighted by atomic mass is 16.4. The van der Waals surface area contributed by atoms with Crippen molar-refractivity contribution in [3.8, 4) is 0 Å². The Morgan fingerprint density at radius 3 is 1.92 bits per heavy atom. The second-order valence-electron chi connectivity index (χ2n) is 3.02. The van der Waals surface area contributed by atoms with Crippen LogP contribution in [0.2, 0.25) is 0 Å². The quantitative estimate of drug-likeness (QED) is 0.510. The zero-order valence-corrected chi connectivity index (χ0v) is 8.87. The number of hydrogen-bond acceptors (Lipinski definition) is 3. The predicted molar refractivity (Wildman–Crippen MR) is 54.4 cm³/mol. The molecule has 0 saturated heterocycles. The first-order chi connectivity index (χ1) is 5.82. The molecule has 0 aliphatic carbocycles. The van der Waals surface area contributed by atoms with E-state index in [-0.39, 0.29) is 11.7 Å². The van der Waals surface area contributed by atoms with Crippen molar-refractivity contribution in [2.45, 2.75) is 26.4 Å². The standard InChI is InChI=1S/C5H14N2.C4H6O2/c1-4-5(6)7(2)3;1-3(2)4(5)6/h5H,4,6H2,1-3H3;1H2,2H3,(H,5,6). The lowest BCUT2D eigenvalue weighted by Gasteiger charge is -2.16. The zero-order valence-electron chi connectivity index (χ0n) is 8.87. The maximum Gasteiger partial charge on any atom is 0.330 e. The van der Waals surface area contributed by atoms with E-state index in [0.717, 1.165) is 6.42 Å². The third kappa shape index (κ3) is 11.1. The van der Waals surface area contributed by atoms with E-state index >= 15 is 0 Å². The van der Waals surface area contributed by atoms with Crippen molar-refractivity contribution in [3.05, 3.63) is 12.2 Å². The van der Waals surface area contributed by atoms with Crippen LogP contribution < -0.4 is 5.73 Å². The van der Waals surface area contributed by atoms with E-state index in [1.54, 1.807) is 0 Å². The summed E-state index contributed by atoms with van der Waals surface area (Å²) in [6.45, 7) is 6.68. The Morgan fingerprint density at radius 1 is 1.62 bits per heavy atom. The third-order valence-electron chi connectivity index (χ3n) is 1.45. The molecule has 0 fully saturated rings. The van der Waals surface area contributed by atoms with Crippen LogP contribution in [0.3, 0.4) is 0 Å². The number of carbonyl (C=O) groups is 1. The van der Waals surface area contributed by atoms with Crippen LogP contribution in [0, 0.1) is 0 Å². The Labute approximate surface area is 80.0 Å². The van der Waals surface area contributed by atoms with Gasteiger partial charge in [-0.1, -0.05) is 13.5 Å². The molecule has 1 unspecified atom stereocenters. The molecular formula is C9H20N2O2. The van der Waals surface area contributed by atoms with Gasteiger partial charge in [0.1, 0.15) is 0 Å². The average Bonchev–Trinajstić information content (AvgIpc) is 2.03. The van der Waals surface area contributed by atoms with Crippen LogP contribution in [0.15, 0.2) is 12.2 Å². The Balaban J connectivity index is 0. The Hall–Kier alpha value is -0.870. The number of nitrogens with two attached hydrogens (primary N) is 1. The molecule has 0 bridgehead atoms. The lowest BCUT2D eigenvalue weighted by Crippen LogP contribution is -2.35. The molecule has 0 saturated carbocycles. The Morgan fingerprint density at radius 2 is 1.92 bits per heavy atom. The number of carboxylic acid groups (broad SMARTS) is 1. The van der Waals surface area contributed by atoms with Gasteiger partial charge in [0.2, 0.25) is 0 Å². The molecule has 0 rings (SSSR count). The van der Waals surface area contributed by atoms with Gasteiger partial charge in [0, 0.05) is 5.57 Å². The molecule has 0 aromatic rings. The fourth-order valence-corrected chi connectivity index (χ4v) is 0.365. The SMILES string of the molecule is C=C(C)C(=O)O.CCC(N)N(C)C. The molecule has 1 atom stereocenters. The average molecular weight is 188 g/mol. The molecule has 0 aliphatic heterocycles. The van der Waals surface area contributed by atoms with E-state index in [2.05, 4.69) is 13.5 Å². The molecule has 4 nitrogen and oxygen atoms in total. The highest BCUT2D eigenvalue weighted by Crippen LogP contribution is 1.86. The van der Waals surface area contributed by atoms with E-state index in [1.165, 1.54) is 6.92 Å². The predicted octanol–water partition coefficient (Wildman–Crippen LogP) is 0.890. The molecule has 0 amide bonds. The topological polar surface area (TPSA) is 66.6 Å². The summed E-state index contributed by atoms with van der Waals surface area (Å²) in [5, 5.41) is 7.89. The maximum absolute atomic E-state index is 9.60. The minimum Gasteiger partial charge on any atom is -0.478 e. The largest absolute Gasteiger partial charge is 0.478 e. The van der Waals surface area contributed by atoms with Crippen LogP contribution in [-0.2, 0) is 4.79 Å². The second-order valence-corrected chi connectivity index (χ2v) is 3.02. The lowest BCUT2D eigenvalue weighted by atomic mass is 10.4. The molecule has 0 aromatic heterocycles. The van der Waals surface area contributed by atoms with Gasteiger partial charge < -0.3 is 10.8 Å². The van der Waals surface area contributed by atoms with Gasteiger partial charge in [-0.3, -0.25) is 4.90 Å². The van der Waals surface area contributed by atoms with Crippen LogP contribution in [0.1, 0.15) is 20.3 Å². The smallest absolute Gasteiger partial charge is 0.330 e. The van der Waals surface area contributed by atoms with E-state index in [9.17, 15) is 4.79 Å². The molecule has 4 heteroatoms. The summed E-state index contributed by atoms with van der Waals surface area (Å²) in [5.74, 6) is -0.935. The van der Waals surface area contributed by atoms with Gasteiger partial charge in [0.25, 0.3) is 0 Å². The molecule has 0 aliphatic rings. The van der Waals surface area contributed by atoms with Crippen molar-refractivity contribution in [1.82, 2.24) is 4.90 Å². The van der Waals surface area contributed by atoms with Crippen molar-refractivity contribution < 1.29 is 9.90 Å². The van der Waals surface area contributed by atoms with Crippen molar-refractivity contribution in [2.24, 2.45) is 5.73 Å². The van der Waals surface area contributed by atoms with Gasteiger partial charge in [0.05, 0.1) is 6.17 Å². The minimum atomic E-state index is -0.935. The van der Waals surface area contributed by atoms with Crippen molar-refractivity contribution >= 4 is 5.97 Å². The van der Waals surface area contributed by atoms with Gasteiger partial charge in [-0.2, -0.15) is 0 Å². The van der Waals surface area contributed by atoms with E-state index in [1.807, 2.05) is 19.0 Å². The second kappa shape index (κ2) is 7.76. The first-order valence-corrected chi connectivity index (χ1v) is 4.13. The fourth-order valence-electron chi connectivity index (χ4n) is 0.365. The Bertz CT molecular complexity index is 155. The summed E-state index contributed by atoms with van der Waals surface area (Å²) in [6, 6.07) is 0. The van der Waals surface area contributed by atoms with Crippen LogP contribution in [0.5, 0.6) is 0 Å². The number of hydrogen-bond donors (Lipinski definition) is 2. The van der Waals surface area contributed by atoms with Crippen LogP contribution in [0.25, 0.3) is 0 Å². The number of nitrogens with zero attached hydrogens (tertiary/aromatic N) is 1. The summed E-state index contributed by atoms with van der Waals surface area (Å²) in [7, 11) is 3.96. The van der Waals surface area contributed by atoms with Crippen molar-refractivity contribution in [2.75, 3.05) is 14.1 Å². The highest BCUT2D eigenvalue weighted by Gasteiger charge is 1.97. The first kappa shape index (κ1) is 14.6. The van der Waals surface area contributed by atoms with Crippen molar-refractivity contribution in [1.29, 1.82) is 0 Å². The molecule has 0 spiro atoms. The molecule has 78 valence electrons. The zero-order chi connectivity index (χ0) is 11.0. The lowest BCUT2D eigenvalue weighted by molar-refractivity contribution is -0.132. The van der Waals surface area contributed by atoms with Crippen molar-refractivity contribution in [3.63, 3.8) is 0 Å². The van der Waals surface area contributed by atoms with Gasteiger partial charge >= 0.3 is 5.97 Å². The molecule has 0 aromatic carbocycles. The molecule has 0 radical (unpaired) electrons. The van der Waals surface area contributed by atoms with Crippen LogP contribution in [0.4, 0.5) is 0 Å². The fraction of sp³-hybridized carbons (Fsp3) is 0.667. The summed E-state index contributed by atoms with van der Waals surface area (Å²) in [5.41, 5.74) is 5.72. The summed E-state index contributed by atoms with van der Waals surface area (Å²) in [4.78, 5) is 11.6. The number of carboxylic acids is 1. The molecule has 3 N–H and O–H groups in total. The highest BCUT2D eigenvalue weighted by molar-refractivity contribution is 5.84. The van der Waals surface area contributed by atoms with Gasteiger partial charge in [0.15, 0.2) is 0 Å². The Kier molecular flexibility index (Phi) is 8.74. The molecule has 0 heterocycles. The van der Waals surface area contributed by atoms with Gasteiger partial charge in [-0.15, -0.1) is 0 Å². The number of aliphatic carboxylic acids is 1. The maximum atomic E-state index is 9.60. The summed E-state index contributed by atoms with van der Waals surface area (Å²) >= 11 is 0. The number of rotatable bonds is 3. The van der Waals surface area contributed by atoms with E-state index in [0.29, 0.717) is 0 Å². The summed E-state index contributed by atoms with van der Waals surface area (Å²) < 4.78 is 0. The first-order valence-electron chi connectivity index (χ1n) is 4.13. The van der Waals surface area contributed by atoms with Gasteiger partial charge in [-0.05, 0) is 27.4 Å². The monoisotopic (exact) mass is 188 g/mol. The normalized spacial score (nSPS) is 11.5. The third-order valence-corrected chi connectivity index (χ3v) is 1.45. The molecular weight excluding hydrogens is 168 g/mol. The van der Waals surface area contributed by atoms with Gasteiger partial charge in [-0.25, -0.2) is 4.79 Å². The minimum absolute atomic E-state index is 0.176. The van der Waals surface area contributed by atoms with Crippen LogP contribution >= 0.6 is 0 Å². The van der Waals surface area contributed by atoms with E-state index < -0.39 is 5.97 Å². The molecule has 13 heavy (non-hydrogen) atoms.